The largest absolute Gasteiger partial charge is 0.390 e. The predicted octanol–water partition coefficient (Wildman–Crippen LogP) is 4.33. The maximum Gasteiger partial charge on any atom is 0.254 e. The van der Waals surface area contributed by atoms with Crippen molar-refractivity contribution in [2.75, 3.05) is 17.2 Å². The number of hydrogen-bond acceptors (Lipinski definition) is 7. The summed E-state index contributed by atoms with van der Waals surface area (Å²) >= 11 is 6.21. The molecule has 10 heteroatoms. The van der Waals surface area contributed by atoms with Crippen molar-refractivity contribution >= 4 is 34.8 Å². The van der Waals surface area contributed by atoms with Crippen molar-refractivity contribution in [2.24, 2.45) is 5.41 Å². The minimum atomic E-state index is -1.000. The maximum absolute atomic E-state index is 14.3. The average Bonchev–Trinajstić information content (AvgIpc) is 3.50. The van der Waals surface area contributed by atoms with Gasteiger partial charge in [-0.3, -0.25) is 4.79 Å². The Morgan fingerprint density at radius 3 is 2.68 bits per heavy atom. The van der Waals surface area contributed by atoms with Crippen LogP contribution in [0.5, 0.6) is 0 Å². The quantitative estimate of drug-likeness (QED) is 0.438. The summed E-state index contributed by atoms with van der Waals surface area (Å²) in [4.78, 5) is 21.5. The molecule has 1 amide bonds. The first-order valence-corrected chi connectivity index (χ1v) is 11.7. The normalized spacial score (nSPS) is 20.9. The van der Waals surface area contributed by atoms with Gasteiger partial charge in [-0.25, -0.2) is 14.4 Å². The molecule has 2 saturated carbocycles. The highest BCUT2D eigenvalue weighted by atomic mass is 35.5. The molecule has 2 atom stereocenters. The molecule has 0 radical (unpaired) electrons. The Labute approximate surface area is 202 Å². The first-order valence-electron chi connectivity index (χ1n) is 11.4. The van der Waals surface area contributed by atoms with Crippen LogP contribution in [0.4, 0.5) is 21.7 Å². The van der Waals surface area contributed by atoms with E-state index in [4.69, 9.17) is 16.9 Å². The highest BCUT2D eigenvalue weighted by molar-refractivity contribution is 6.33. The number of rotatable bonds is 8. The van der Waals surface area contributed by atoms with Gasteiger partial charge in [-0.05, 0) is 52.0 Å². The summed E-state index contributed by atoms with van der Waals surface area (Å²) in [5.41, 5.74) is -0.171. The Morgan fingerprint density at radius 2 is 2.09 bits per heavy atom. The maximum atomic E-state index is 14.3. The van der Waals surface area contributed by atoms with Crippen LogP contribution < -0.4 is 16.0 Å². The fourth-order valence-corrected chi connectivity index (χ4v) is 4.53. The van der Waals surface area contributed by atoms with Gasteiger partial charge in [0, 0.05) is 30.4 Å². The van der Waals surface area contributed by atoms with Crippen LogP contribution >= 0.6 is 11.6 Å². The molecular formula is C24H28ClFN6O2. The number of halogens is 2. The van der Waals surface area contributed by atoms with Gasteiger partial charge in [-0.2, -0.15) is 5.26 Å². The van der Waals surface area contributed by atoms with Gasteiger partial charge in [0.1, 0.15) is 23.9 Å². The lowest BCUT2D eigenvalue weighted by Crippen LogP contribution is -2.42. The standard InChI is InChI=1S/C24H28ClFN6O2/c1-23(2,34)24(6-7-24)13-30-22(33)15-12-28-20(9-19(15)31-18-5-3-4-17(18)26)32-21-16(25)8-14(10-27)11-29-21/h8-9,11-12,17-18,34H,3-7,13H2,1-2H3,(H,30,33)(H2,28,29,31,32). The second kappa shape index (κ2) is 9.35. The minimum absolute atomic E-state index is 0.248. The molecule has 0 bridgehead atoms. The van der Waals surface area contributed by atoms with Crippen molar-refractivity contribution in [1.82, 2.24) is 15.3 Å². The molecule has 4 rings (SSSR count). The molecular weight excluding hydrogens is 459 g/mol. The zero-order valence-electron chi connectivity index (χ0n) is 19.2. The lowest BCUT2D eigenvalue weighted by Gasteiger charge is -2.29. The Balaban J connectivity index is 1.57. The molecule has 2 unspecified atom stereocenters. The first-order chi connectivity index (χ1) is 16.1. The van der Waals surface area contributed by atoms with Gasteiger partial charge in [0.25, 0.3) is 5.91 Å². The summed E-state index contributed by atoms with van der Waals surface area (Å²) < 4.78 is 14.3. The molecule has 0 spiro atoms. The number of alkyl halides is 1. The van der Waals surface area contributed by atoms with E-state index in [9.17, 15) is 14.3 Å². The van der Waals surface area contributed by atoms with Crippen LogP contribution in [0, 0.1) is 16.7 Å². The monoisotopic (exact) mass is 486 g/mol. The van der Waals surface area contributed by atoms with E-state index >= 15 is 0 Å². The van der Waals surface area contributed by atoms with E-state index in [0.29, 0.717) is 42.3 Å². The van der Waals surface area contributed by atoms with Crippen LogP contribution in [0.15, 0.2) is 24.5 Å². The highest BCUT2D eigenvalue weighted by Gasteiger charge is 2.53. The SMILES string of the molecule is CC(C)(O)C1(CNC(=O)c2cnc(Nc3ncc(C#N)cc3Cl)cc2NC2CCCC2F)CC1. The molecule has 4 N–H and O–H groups in total. The molecule has 2 aromatic heterocycles. The number of pyridine rings is 2. The Morgan fingerprint density at radius 1 is 1.32 bits per heavy atom. The zero-order valence-corrected chi connectivity index (χ0v) is 19.9. The van der Waals surface area contributed by atoms with Crippen molar-refractivity contribution in [2.45, 2.75) is 63.8 Å². The number of carbonyl (C=O) groups excluding carboxylic acids is 1. The van der Waals surface area contributed by atoms with Gasteiger partial charge in [-0.1, -0.05) is 11.6 Å². The van der Waals surface area contributed by atoms with Crippen molar-refractivity contribution in [1.29, 1.82) is 5.26 Å². The summed E-state index contributed by atoms with van der Waals surface area (Å²) in [6.45, 7) is 3.85. The average molecular weight is 487 g/mol. The third-order valence-corrected chi connectivity index (χ3v) is 7.16. The van der Waals surface area contributed by atoms with E-state index in [1.807, 2.05) is 6.07 Å². The molecule has 34 heavy (non-hydrogen) atoms. The Bertz CT molecular complexity index is 1130. The summed E-state index contributed by atoms with van der Waals surface area (Å²) in [5, 5.41) is 28.8. The first kappa shape index (κ1) is 24.2. The van der Waals surface area contributed by atoms with Crippen LogP contribution in [-0.2, 0) is 0 Å². The lowest BCUT2D eigenvalue weighted by molar-refractivity contribution is 0.00303. The second-order valence-electron chi connectivity index (χ2n) is 9.63. The molecule has 2 aliphatic carbocycles. The lowest BCUT2D eigenvalue weighted by atomic mass is 9.87. The number of amides is 1. The van der Waals surface area contributed by atoms with Crippen LogP contribution in [0.3, 0.4) is 0 Å². The number of carbonyl (C=O) groups is 1. The summed E-state index contributed by atoms with van der Waals surface area (Å²) in [6, 6.07) is 4.68. The Hall–Kier alpha value is -2.96. The molecule has 0 aliphatic heterocycles. The number of nitriles is 1. The smallest absolute Gasteiger partial charge is 0.254 e. The van der Waals surface area contributed by atoms with Gasteiger partial charge in [0.2, 0.25) is 0 Å². The zero-order chi connectivity index (χ0) is 24.5. The molecule has 2 aliphatic rings. The number of nitrogens with one attached hydrogen (secondary N) is 3. The van der Waals surface area contributed by atoms with Crippen LogP contribution in [-0.4, -0.2) is 45.3 Å². The molecule has 2 aromatic rings. The number of hydrogen-bond donors (Lipinski definition) is 4. The topological polar surface area (TPSA) is 123 Å². The van der Waals surface area contributed by atoms with Gasteiger partial charge in [0.15, 0.2) is 0 Å². The number of nitrogens with zero attached hydrogens (tertiary/aromatic N) is 3. The van der Waals surface area contributed by atoms with E-state index in [1.54, 1.807) is 19.9 Å². The molecule has 8 nitrogen and oxygen atoms in total. The summed E-state index contributed by atoms with van der Waals surface area (Å²) in [7, 11) is 0. The van der Waals surface area contributed by atoms with E-state index in [-0.39, 0.29) is 21.9 Å². The van der Waals surface area contributed by atoms with Crippen molar-refractivity contribution < 1.29 is 14.3 Å². The highest BCUT2D eigenvalue weighted by Crippen LogP contribution is 2.53. The van der Waals surface area contributed by atoms with Crippen LogP contribution in [0.25, 0.3) is 0 Å². The van der Waals surface area contributed by atoms with Crippen LogP contribution in [0.2, 0.25) is 5.02 Å². The third kappa shape index (κ3) is 5.08. The fourth-order valence-electron chi connectivity index (χ4n) is 4.31. The van der Waals surface area contributed by atoms with Crippen LogP contribution in [0.1, 0.15) is 61.9 Å². The number of anilines is 3. The second-order valence-corrected chi connectivity index (χ2v) is 10.0. The molecule has 0 aromatic carbocycles. The minimum Gasteiger partial charge on any atom is -0.390 e. The predicted molar refractivity (Wildman–Crippen MR) is 128 cm³/mol. The van der Waals surface area contributed by atoms with Gasteiger partial charge >= 0.3 is 0 Å². The molecule has 2 heterocycles. The van der Waals surface area contributed by atoms with Gasteiger partial charge in [0.05, 0.1) is 33.5 Å². The third-order valence-electron chi connectivity index (χ3n) is 6.88. The molecule has 180 valence electrons. The van der Waals surface area contributed by atoms with E-state index in [1.165, 1.54) is 18.5 Å². The van der Waals surface area contributed by atoms with Gasteiger partial charge < -0.3 is 21.1 Å². The van der Waals surface area contributed by atoms with E-state index < -0.39 is 17.8 Å². The van der Waals surface area contributed by atoms with Crippen molar-refractivity contribution in [3.63, 3.8) is 0 Å². The van der Waals surface area contributed by atoms with Gasteiger partial charge in [-0.15, -0.1) is 0 Å². The number of aromatic nitrogens is 2. The fraction of sp³-hybridized carbons (Fsp3) is 0.500. The number of aliphatic hydroxyl groups is 1. The summed E-state index contributed by atoms with van der Waals surface area (Å²) in [5.74, 6) is 0.322. The molecule has 0 saturated heterocycles. The molecule has 2 fully saturated rings. The van der Waals surface area contributed by atoms with Crippen molar-refractivity contribution in [3.05, 3.63) is 40.7 Å². The van der Waals surface area contributed by atoms with E-state index in [2.05, 4.69) is 25.9 Å². The van der Waals surface area contributed by atoms with E-state index in [0.717, 1.165) is 19.3 Å². The summed E-state index contributed by atoms with van der Waals surface area (Å²) in [6.07, 6.45) is 5.41. The van der Waals surface area contributed by atoms with Crippen molar-refractivity contribution in [3.8, 4) is 6.07 Å². The Kier molecular flexibility index (Phi) is 6.65.